The first-order valence-corrected chi connectivity index (χ1v) is 6.88. The maximum absolute atomic E-state index is 12.0. The minimum absolute atomic E-state index is 0.0193. The normalized spacial score (nSPS) is 12.1. The predicted octanol–water partition coefficient (Wildman–Crippen LogP) is 1.53. The molecule has 0 heterocycles. The van der Waals surface area contributed by atoms with Gasteiger partial charge in [0.2, 0.25) is 5.91 Å². The van der Waals surface area contributed by atoms with E-state index in [1.54, 1.807) is 0 Å². The van der Waals surface area contributed by atoms with Gasteiger partial charge in [-0.05, 0) is 12.0 Å². The molecule has 0 spiro atoms. The van der Waals surface area contributed by atoms with E-state index in [-0.39, 0.29) is 24.0 Å². The molecule has 1 amide bonds. The Balaban J connectivity index is 2.41. The smallest absolute Gasteiger partial charge is 0.261 e. The minimum atomic E-state index is -2.51. The van der Waals surface area contributed by atoms with Crippen LogP contribution in [0.4, 0.5) is 8.78 Å². The molecule has 0 bridgehead atoms. The Morgan fingerprint density at radius 1 is 1.33 bits per heavy atom. The van der Waals surface area contributed by atoms with Gasteiger partial charge in [0.25, 0.3) is 6.43 Å². The van der Waals surface area contributed by atoms with Crippen molar-refractivity contribution in [1.29, 1.82) is 0 Å². The van der Waals surface area contributed by atoms with Crippen LogP contribution in [0.5, 0.6) is 0 Å². The average Bonchev–Trinajstić information content (AvgIpc) is 2.44. The number of nitrogens with one attached hydrogen (secondary N) is 1. The van der Waals surface area contributed by atoms with Crippen LogP contribution < -0.4 is 11.1 Å². The minimum Gasteiger partial charge on any atom is -0.393 e. The molecule has 0 radical (unpaired) electrons. The molecule has 1 rings (SSSR count). The standard InChI is InChI=1S/C14H18F2N2O2S/c15-12(16)9-20-7-6-18-14(19)11(13(17)21)8-10-4-2-1-3-5-10/h1-5,11-12H,6-9H2,(H2,17,21)(H,18,19). The summed E-state index contributed by atoms with van der Waals surface area (Å²) in [6, 6.07) is 9.36. The van der Waals surface area contributed by atoms with Gasteiger partial charge in [0.05, 0.1) is 17.5 Å². The summed E-state index contributed by atoms with van der Waals surface area (Å²) in [7, 11) is 0. The Kier molecular flexibility index (Phi) is 7.78. The van der Waals surface area contributed by atoms with Gasteiger partial charge in [0.15, 0.2) is 0 Å². The molecule has 0 aliphatic carbocycles. The van der Waals surface area contributed by atoms with Gasteiger partial charge in [-0.3, -0.25) is 4.79 Å². The van der Waals surface area contributed by atoms with Crippen LogP contribution in [-0.2, 0) is 16.0 Å². The maximum Gasteiger partial charge on any atom is 0.261 e. The molecule has 0 saturated heterocycles. The summed E-state index contributed by atoms with van der Waals surface area (Å²) in [5.41, 5.74) is 6.54. The summed E-state index contributed by atoms with van der Waals surface area (Å²) in [5.74, 6) is -0.954. The van der Waals surface area contributed by atoms with Crippen LogP contribution in [0.1, 0.15) is 5.56 Å². The third kappa shape index (κ3) is 7.10. The molecule has 0 aromatic heterocycles. The third-order valence-corrected chi connectivity index (χ3v) is 3.02. The van der Waals surface area contributed by atoms with Crippen LogP contribution in [0.25, 0.3) is 0 Å². The number of hydrogen-bond donors (Lipinski definition) is 2. The first-order valence-electron chi connectivity index (χ1n) is 6.47. The molecule has 7 heteroatoms. The zero-order chi connectivity index (χ0) is 15.7. The van der Waals surface area contributed by atoms with E-state index >= 15 is 0 Å². The maximum atomic E-state index is 12.0. The predicted molar refractivity (Wildman–Crippen MR) is 80.3 cm³/mol. The van der Waals surface area contributed by atoms with E-state index in [2.05, 4.69) is 10.1 Å². The second-order valence-electron chi connectivity index (χ2n) is 4.40. The molecule has 21 heavy (non-hydrogen) atoms. The Morgan fingerprint density at radius 2 is 2.00 bits per heavy atom. The van der Waals surface area contributed by atoms with Crippen LogP contribution in [-0.4, -0.2) is 37.1 Å². The summed E-state index contributed by atoms with van der Waals surface area (Å²) < 4.78 is 28.4. The highest BCUT2D eigenvalue weighted by Crippen LogP contribution is 2.09. The summed E-state index contributed by atoms with van der Waals surface area (Å²) in [4.78, 5) is 12.1. The van der Waals surface area contributed by atoms with Crippen LogP contribution in [0, 0.1) is 5.92 Å². The number of halogens is 2. The number of ether oxygens (including phenoxy) is 1. The molecule has 1 aromatic carbocycles. The van der Waals surface area contributed by atoms with Crippen molar-refractivity contribution in [1.82, 2.24) is 5.32 Å². The molecular weight excluding hydrogens is 298 g/mol. The third-order valence-electron chi connectivity index (χ3n) is 2.73. The summed E-state index contributed by atoms with van der Waals surface area (Å²) >= 11 is 4.91. The molecule has 0 saturated carbocycles. The fourth-order valence-corrected chi connectivity index (χ4v) is 1.90. The van der Waals surface area contributed by atoms with Crippen LogP contribution >= 0.6 is 12.2 Å². The van der Waals surface area contributed by atoms with Gasteiger partial charge in [-0.1, -0.05) is 42.5 Å². The molecule has 116 valence electrons. The van der Waals surface area contributed by atoms with Gasteiger partial charge < -0.3 is 15.8 Å². The van der Waals surface area contributed by atoms with E-state index in [0.717, 1.165) is 5.56 Å². The van der Waals surface area contributed by atoms with Crippen molar-refractivity contribution in [2.24, 2.45) is 11.7 Å². The lowest BCUT2D eigenvalue weighted by Gasteiger charge is -2.15. The van der Waals surface area contributed by atoms with Gasteiger partial charge in [-0.25, -0.2) is 8.78 Å². The fraction of sp³-hybridized carbons (Fsp3) is 0.429. The molecule has 3 N–H and O–H groups in total. The van der Waals surface area contributed by atoms with Crippen molar-refractivity contribution < 1.29 is 18.3 Å². The summed E-state index contributed by atoms with van der Waals surface area (Å²) in [5, 5.41) is 2.58. The van der Waals surface area contributed by atoms with Crippen molar-refractivity contribution in [2.45, 2.75) is 12.8 Å². The highest BCUT2D eigenvalue weighted by molar-refractivity contribution is 7.80. The fourth-order valence-electron chi connectivity index (χ4n) is 1.71. The van der Waals surface area contributed by atoms with E-state index in [1.807, 2.05) is 30.3 Å². The number of nitrogens with two attached hydrogens (primary N) is 1. The average molecular weight is 316 g/mol. The van der Waals surface area contributed by atoms with Crippen molar-refractivity contribution in [3.05, 3.63) is 35.9 Å². The second-order valence-corrected chi connectivity index (χ2v) is 4.87. The molecule has 0 aliphatic heterocycles. The van der Waals surface area contributed by atoms with E-state index < -0.39 is 19.0 Å². The van der Waals surface area contributed by atoms with Crippen LogP contribution in [0.15, 0.2) is 30.3 Å². The first kappa shape index (κ1) is 17.5. The Hall–Kier alpha value is -1.60. The number of benzene rings is 1. The van der Waals surface area contributed by atoms with Crippen LogP contribution in [0.2, 0.25) is 0 Å². The van der Waals surface area contributed by atoms with E-state index in [1.165, 1.54) is 0 Å². The van der Waals surface area contributed by atoms with Crippen molar-refractivity contribution in [3.63, 3.8) is 0 Å². The number of alkyl halides is 2. The highest BCUT2D eigenvalue weighted by atomic mass is 32.1. The zero-order valence-electron chi connectivity index (χ0n) is 11.4. The van der Waals surface area contributed by atoms with Gasteiger partial charge in [-0.2, -0.15) is 0 Å². The molecular formula is C14H18F2N2O2S. The molecule has 4 nitrogen and oxygen atoms in total. The quantitative estimate of drug-likeness (QED) is 0.536. The largest absolute Gasteiger partial charge is 0.393 e. The van der Waals surface area contributed by atoms with Gasteiger partial charge >= 0.3 is 0 Å². The zero-order valence-corrected chi connectivity index (χ0v) is 12.2. The molecule has 1 aromatic rings. The van der Waals surface area contributed by atoms with Crippen molar-refractivity contribution in [3.8, 4) is 0 Å². The summed E-state index contributed by atoms with van der Waals surface area (Å²) in [6.45, 7) is -0.483. The number of rotatable bonds is 9. The lowest BCUT2D eigenvalue weighted by atomic mass is 9.98. The van der Waals surface area contributed by atoms with Gasteiger partial charge in [0, 0.05) is 6.54 Å². The Bertz CT molecular complexity index is 458. The lowest BCUT2D eigenvalue weighted by Crippen LogP contribution is -2.40. The van der Waals surface area contributed by atoms with E-state index in [4.69, 9.17) is 18.0 Å². The van der Waals surface area contributed by atoms with Gasteiger partial charge in [0.1, 0.15) is 6.61 Å². The number of carbonyl (C=O) groups is 1. The lowest BCUT2D eigenvalue weighted by molar-refractivity contribution is -0.123. The molecule has 0 aliphatic rings. The molecule has 0 fully saturated rings. The Labute approximate surface area is 127 Å². The second kappa shape index (κ2) is 9.36. The van der Waals surface area contributed by atoms with Crippen LogP contribution in [0.3, 0.4) is 0 Å². The number of amides is 1. The topological polar surface area (TPSA) is 64.4 Å². The van der Waals surface area contributed by atoms with Crippen molar-refractivity contribution in [2.75, 3.05) is 19.8 Å². The number of hydrogen-bond acceptors (Lipinski definition) is 3. The van der Waals surface area contributed by atoms with Gasteiger partial charge in [-0.15, -0.1) is 0 Å². The highest BCUT2D eigenvalue weighted by Gasteiger charge is 2.21. The first-order chi connectivity index (χ1) is 10.0. The number of carbonyl (C=O) groups excluding carboxylic acids is 1. The van der Waals surface area contributed by atoms with E-state index in [9.17, 15) is 13.6 Å². The van der Waals surface area contributed by atoms with Crippen molar-refractivity contribution >= 4 is 23.1 Å². The number of thiocarbonyl (C=S) groups is 1. The Morgan fingerprint density at radius 3 is 2.57 bits per heavy atom. The molecule has 1 atom stereocenters. The molecule has 1 unspecified atom stereocenters. The monoisotopic (exact) mass is 316 g/mol. The van der Waals surface area contributed by atoms with E-state index in [0.29, 0.717) is 6.42 Å². The summed E-state index contributed by atoms with van der Waals surface area (Å²) in [6.07, 6.45) is -2.11. The SMILES string of the molecule is NC(=S)C(Cc1ccccc1)C(=O)NCCOCC(F)F.